The van der Waals surface area contributed by atoms with Crippen LogP contribution in [0.3, 0.4) is 0 Å². The van der Waals surface area contributed by atoms with E-state index < -0.39 is 0 Å². The molecule has 2 aliphatic rings. The van der Waals surface area contributed by atoms with Gasteiger partial charge in [-0.2, -0.15) is 0 Å². The van der Waals surface area contributed by atoms with Crippen molar-refractivity contribution in [3.8, 4) is 0 Å². The lowest BCUT2D eigenvalue weighted by atomic mass is 9.70. The second kappa shape index (κ2) is 5.95. The van der Waals surface area contributed by atoms with E-state index >= 15 is 0 Å². The molecular formula is C17H31NO. The minimum Gasteiger partial charge on any atom is -0.302 e. The van der Waals surface area contributed by atoms with Crippen LogP contribution in [0.15, 0.2) is 0 Å². The van der Waals surface area contributed by atoms with E-state index in [1.807, 2.05) is 0 Å². The molecule has 0 amide bonds. The molecule has 2 heteroatoms. The predicted molar refractivity (Wildman–Crippen MR) is 80.1 cm³/mol. The standard InChI is InChI=1S/C17H31NO/c1-12-5-6-16(9-14(12)3)18-17(11-19)8-7-13(2)15(4)10-17/h11-16,18H,5-10H2,1-4H3. The zero-order chi connectivity index (χ0) is 14.0. The Hall–Kier alpha value is -0.370. The summed E-state index contributed by atoms with van der Waals surface area (Å²) in [6, 6.07) is 0.553. The van der Waals surface area contributed by atoms with Gasteiger partial charge in [-0.3, -0.25) is 0 Å². The molecule has 2 saturated carbocycles. The number of hydrogen-bond acceptors (Lipinski definition) is 2. The molecule has 110 valence electrons. The van der Waals surface area contributed by atoms with E-state index in [9.17, 15) is 4.79 Å². The summed E-state index contributed by atoms with van der Waals surface area (Å²) in [6.07, 6.45) is 8.25. The molecule has 0 heterocycles. The largest absolute Gasteiger partial charge is 0.302 e. The van der Waals surface area contributed by atoms with E-state index in [0.29, 0.717) is 12.0 Å². The van der Waals surface area contributed by atoms with Crippen LogP contribution in [0.4, 0.5) is 0 Å². The van der Waals surface area contributed by atoms with Crippen molar-refractivity contribution < 1.29 is 4.79 Å². The van der Waals surface area contributed by atoms with Gasteiger partial charge < -0.3 is 10.1 Å². The Morgan fingerprint density at radius 2 is 1.63 bits per heavy atom. The molecule has 0 spiro atoms. The van der Waals surface area contributed by atoms with Gasteiger partial charge in [0.15, 0.2) is 0 Å². The molecule has 2 nitrogen and oxygen atoms in total. The lowest BCUT2D eigenvalue weighted by Gasteiger charge is -2.44. The lowest BCUT2D eigenvalue weighted by molar-refractivity contribution is -0.116. The maximum atomic E-state index is 11.7. The molecule has 0 aromatic heterocycles. The molecule has 0 radical (unpaired) electrons. The molecule has 6 unspecified atom stereocenters. The summed E-state index contributed by atoms with van der Waals surface area (Å²) in [5.74, 6) is 3.05. The third kappa shape index (κ3) is 3.39. The minimum absolute atomic E-state index is 0.225. The molecule has 0 aromatic rings. The molecule has 0 aliphatic heterocycles. The van der Waals surface area contributed by atoms with Gasteiger partial charge in [0.25, 0.3) is 0 Å². The van der Waals surface area contributed by atoms with Crippen molar-refractivity contribution in [2.45, 2.75) is 77.8 Å². The fraction of sp³-hybridized carbons (Fsp3) is 0.941. The monoisotopic (exact) mass is 265 g/mol. The van der Waals surface area contributed by atoms with Crippen molar-refractivity contribution in [1.82, 2.24) is 5.32 Å². The highest BCUT2D eigenvalue weighted by Crippen LogP contribution is 2.37. The second-order valence-electron chi connectivity index (χ2n) is 7.58. The van der Waals surface area contributed by atoms with Gasteiger partial charge in [-0.15, -0.1) is 0 Å². The average molecular weight is 265 g/mol. The molecule has 1 N–H and O–H groups in total. The number of hydrogen-bond donors (Lipinski definition) is 1. The molecule has 6 atom stereocenters. The smallest absolute Gasteiger partial charge is 0.140 e. The van der Waals surface area contributed by atoms with Crippen LogP contribution in [0.1, 0.15) is 66.2 Å². The first-order chi connectivity index (χ1) is 8.96. The van der Waals surface area contributed by atoms with Gasteiger partial charge in [-0.1, -0.05) is 27.7 Å². The summed E-state index contributed by atoms with van der Waals surface area (Å²) >= 11 is 0. The molecule has 19 heavy (non-hydrogen) atoms. The van der Waals surface area contributed by atoms with Gasteiger partial charge in [0, 0.05) is 6.04 Å². The molecule has 2 aliphatic carbocycles. The fourth-order valence-electron chi connectivity index (χ4n) is 4.00. The van der Waals surface area contributed by atoms with Gasteiger partial charge in [0.2, 0.25) is 0 Å². The molecule has 0 bridgehead atoms. The molecule has 2 rings (SSSR count). The normalized spacial score (nSPS) is 47.9. The van der Waals surface area contributed by atoms with Crippen LogP contribution in [0, 0.1) is 23.7 Å². The number of aldehydes is 1. The summed E-state index contributed by atoms with van der Waals surface area (Å²) in [7, 11) is 0. The summed E-state index contributed by atoms with van der Waals surface area (Å²) in [4.78, 5) is 11.7. The first-order valence-electron chi connectivity index (χ1n) is 8.20. The third-order valence-electron chi connectivity index (χ3n) is 6.02. The topological polar surface area (TPSA) is 29.1 Å². The third-order valence-corrected chi connectivity index (χ3v) is 6.02. The van der Waals surface area contributed by atoms with Gasteiger partial charge in [0.05, 0.1) is 5.54 Å². The summed E-state index contributed by atoms with van der Waals surface area (Å²) < 4.78 is 0. The van der Waals surface area contributed by atoms with E-state index in [1.54, 1.807) is 0 Å². The van der Waals surface area contributed by atoms with Crippen molar-refractivity contribution in [2.24, 2.45) is 23.7 Å². The van der Waals surface area contributed by atoms with Gasteiger partial charge in [-0.25, -0.2) is 0 Å². The molecule has 0 saturated heterocycles. The fourth-order valence-corrected chi connectivity index (χ4v) is 4.00. The number of carbonyl (C=O) groups is 1. The summed E-state index contributed by atoms with van der Waals surface area (Å²) in [5.41, 5.74) is -0.225. The van der Waals surface area contributed by atoms with Crippen LogP contribution < -0.4 is 5.32 Å². The van der Waals surface area contributed by atoms with Crippen LogP contribution in [0.5, 0.6) is 0 Å². The molecule has 2 fully saturated rings. The Morgan fingerprint density at radius 1 is 0.947 bits per heavy atom. The van der Waals surface area contributed by atoms with Crippen LogP contribution in [0.2, 0.25) is 0 Å². The zero-order valence-electron chi connectivity index (χ0n) is 13.1. The van der Waals surface area contributed by atoms with Crippen LogP contribution in [0.25, 0.3) is 0 Å². The quantitative estimate of drug-likeness (QED) is 0.787. The van der Waals surface area contributed by atoms with Gasteiger partial charge in [0.1, 0.15) is 6.29 Å². The first-order valence-corrected chi connectivity index (χ1v) is 8.20. The summed E-state index contributed by atoms with van der Waals surface area (Å²) in [5, 5.41) is 3.75. The highest BCUT2D eigenvalue weighted by molar-refractivity contribution is 5.64. The Morgan fingerprint density at radius 3 is 2.21 bits per heavy atom. The van der Waals surface area contributed by atoms with E-state index in [4.69, 9.17) is 0 Å². The zero-order valence-corrected chi connectivity index (χ0v) is 13.1. The van der Waals surface area contributed by atoms with Crippen LogP contribution >= 0.6 is 0 Å². The molecule has 0 aromatic carbocycles. The van der Waals surface area contributed by atoms with Crippen molar-refractivity contribution >= 4 is 6.29 Å². The maximum Gasteiger partial charge on any atom is 0.140 e. The van der Waals surface area contributed by atoms with E-state index in [0.717, 1.165) is 30.6 Å². The van der Waals surface area contributed by atoms with E-state index in [1.165, 1.54) is 32.0 Å². The average Bonchev–Trinajstić information content (AvgIpc) is 2.39. The van der Waals surface area contributed by atoms with Gasteiger partial charge >= 0.3 is 0 Å². The molecular weight excluding hydrogens is 234 g/mol. The first kappa shape index (κ1) is 15.0. The SMILES string of the molecule is CC1CCC(NC2(C=O)CCC(C)C(C)C2)CC1C. The van der Waals surface area contributed by atoms with Crippen LogP contribution in [-0.2, 0) is 4.79 Å². The Labute approximate surface area is 118 Å². The Bertz CT molecular complexity index is 316. The van der Waals surface area contributed by atoms with E-state index in [2.05, 4.69) is 33.0 Å². The number of rotatable bonds is 3. The highest BCUT2D eigenvalue weighted by Gasteiger charge is 2.39. The number of nitrogens with one attached hydrogen (secondary N) is 1. The van der Waals surface area contributed by atoms with Crippen molar-refractivity contribution in [2.75, 3.05) is 0 Å². The second-order valence-corrected chi connectivity index (χ2v) is 7.58. The van der Waals surface area contributed by atoms with Crippen molar-refractivity contribution in [3.05, 3.63) is 0 Å². The van der Waals surface area contributed by atoms with Crippen LogP contribution in [-0.4, -0.2) is 17.9 Å². The maximum absolute atomic E-state index is 11.7. The van der Waals surface area contributed by atoms with Crippen molar-refractivity contribution in [3.63, 3.8) is 0 Å². The highest BCUT2D eigenvalue weighted by atomic mass is 16.1. The number of carbonyl (C=O) groups excluding carboxylic acids is 1. The summed E-state index contributed by atoms with van der Waals surface area (Å²) in [6.45, 7) is 9.34. The Kier molecular flexibility index (Phi) is 4.70. The lowest BCUT2D eigenvalue weighted by Crippen LogP contribution is -2.56. The Balaban J connectivity index is 1.97. The van der Waals surface area contributed by atoms with Gasteiger partial charge in [-0.05, 0) is 62.2 Å². The van der Waals surface area contributed by atoms with E-state index in [-0.39, 0.29) is 5.54 Å². The van der Waals surface area contributed by atoms with Crippen molar-refractivity contribution in [1.29, 1.82) is 0 Å². The minimum atomic E-state index is -0.225. The predicted octanol–water partition coefficient (Wildman–Crippen LogP) is 3.79.